The molecule has 0 aromatic rings. The topological polar surface area (TPSA) is 177 Å². The fraction of sp³-hybridized carbons (Fsp3) is 0.583. The first-order valence-electron chi connectivity index (χ1n) is 11.0. The molecule has 196 valence electrons. The predicted octanol–water partition coefficient (Wildman–Crippen LogP) is 2.89. The number of nitriles is 2. The van der Waals surface area contributed by atoms with Crippen LogP contribution in [-0.2, 0) is 38.1 Å². The van der Waals surface area contributed by atoms with Crippen LogP contribution in [0.2, 0.25) is 0 Å². The third-order valence-corrected chi connectivity index (χ3v) is 4.46. The number of carbonyl (C=O) groups excluding carboxylic acids is 4. The van der Waals surface area contributed by atoms with E-state index in [9.17, 15) is 29.7 Å². The third-order valence-electron chi connectivity index (χ3n) is 4.46. The lowest BCUT2D eigenvalue weighted by Gasteiger charge is -2.19. The fourth-order valence-corrected chi connectivity index (χ4v) is 2.14. The van der Waals surface area contributed by atoms with Crippen LogP contribution in [0.15, 0.2) is 34.5 Å². The number of azo groups is 1. The van der Waals surface area contributed by atoms with Crippen LogP contribution in [0.1, 0.15) is 53.4 Å². The van der Waals surface area contributed by atoms with Crippen LogP contribution in [-0.4, -0.2) is 61.4 Å². The quantitative estimate of drug-likeness (QED) is 0.0997. The highest BCUT2D eigenvalue weighted by Gasteiger charge is 2.30. The molecule has 0 saturated heterocycles. The van der Waals surface area contributed by atoms with Crippen LogP contribution in [0.25, 0.3) is 0 Å². The van der Waals surface area contributed by atoms with E-state index >= 15 is 0 Å². The summed E-state index contributed by atoms with van der Waals surface area (Å²) < 4.78 is 19.5. The van der Waals surface area contributed by atoms with Crippen molar-refractivity contribution in [1.29, 1.82) is 10.5 Å². The molecule has 0 saturated carbocycles. The Bertz CT molecular complexity index is 886. The van der Waals surface area contributed by atoms with Crippen molar-refractivity contribution in [2.24, 2.45) is 10.2 Å². The maximum Gasteiger partial charge on any atom is 0.333 e. The maximum absolute atomic E-state index is 11.9. The van der Waals surface area contributed by atoms with Gasteiger partial charge in [0.2, 0.25) is 0 Å². The van der Waals surface area contributed by atoms with Crippen LogP contribution in [0.3, 0.4) is 0 Å². The van der Waals surface area contributed by atoms with E-state index in [-0.39, 0.29) is 63.3 Å². The summed E-state index contributed by atoms with van der Waals surface area (Å²) >= 11 is 0. The Morgan fingerprint density at radius 1 is 0.694 bits per heavy atom. The summed E-state index contributed by atoms with van der Waals surface area (Å²) in [6, 6.07) is 3.89. The summed E-state index contributed by atoms with van der Waals surface area (Å²) in [4.78, 5) is 46.3. The molecule has 0 aromatic carbocycles. The molecule has 0 aliphatic carbocycles. The van der Waals surface area contributed by atoms with Gasteiger partial charge in [-0.05, 0) is 40.5 Å². The number of rotatable bonds is 16. The molecule has 2 atom stereocenters. The van der Waals surface area contributed by atoms with Gasteiger partial charge in [0.1, 0.15) is 26.4 Å². The van der Waals surface area contributed by atoms with Crippen molar-refractivity contribution in [3.05, 3.63) is 24.3 Å². The van der Waals surface area contributed by atoms with E-state index in [1.807, 2.05) is 12.1 Å². The molecule has 0 aliphatic heterocycles. The summed E-state index contributed by atoms with van der Waals surface area (Å²) in [7, 11) is 0. The highest BCUT2D eigenvalue weighted by atomic mass is 16.6. The van der Waals surface area contributed by atoms with Crippen molar-refractivity contribution in [3.8, 4) is 12.1 Å². The molecular weight excluding hydrogens is 472 g/mol. The lowest BCUT2D eigenvalue weighted by molar-refractivity contribution is -0.150. The van der Waals surface area contributed by atoms with E-state index in [4.69, 9.17) is 18.9 Å². The van der Waals surface area contributed by atoms with Gasteiger partial charge >= 0.3 is 23.9 Å². The Kier molecular flexibility index (Phi) is 14.0. The highest BCUT2D eigenvalue weighted by molar-refractivity contribution is 5.87. The average molecular weight is 505 g/mol. The van der Waals surface area contributed by atoms with Crippen molar-refractivity contribution in [3.63, 3.8) is 0 Å². The molecule has 0 aromatic heterocycles. The van der Waals surface area contributed by atoms with Gasteiger partial charge in [-0.3, -0.25) is 9.59 Å². The van der Waals surface area contributed by atoms with Gasteiger partial charge in [0, 0.05) is 24.0 Å². The van der Waals surface area contributed by atoms with Crippen LogP contribution in [0.4, 0.5) is 0 Å². The number of hydrogen-bond donors (Lipinski definition) is 0. The molecule has 36 heavy (non-hydrogen) atoms. The second kappa shape index (κ2) is 15.8. The van der Waals surface area contributed by atoms with E-state index < -0.39 is 35.0 Å². The molecule has 0 fully saturated rings. The molecule has 0 amide bonds. The van der Waals surface area contributed by atoms with Crippen molar-refractivity contribution in [1.82, 2.24) is 0 Å². The Morgan fingerprint density at radius 2 is 1.00 bits per heavy atom. The van der Waals surface area contributed by atoms with Crippen molar-refractivity contribution < 1.29 is 38.1 Å². The van der Waals surface area contributed by atoms with Gasteiger partial charge in [-0.2, -0.15) is 20.8 Å². The normalized spacial score (nSPS) is 13.7. The minimum absolute atomic E-state index is 0.0379. The predicted molar refractivity (Wildman–Crippen MR) is 125 cm³/mol. The zero-order valence-electron chi connectivity index (χ0n) is 21.1. The molecule has 0 bridgehead atoms. The van der Waals surface area contributed by atoms with Crippen molar-refractivity contribution >= 4 is 23.9 Å². The number of hydrogen-bond acceptors (Lipinski definition) is 12. The van der Waals surface area contributed by atoms with Gasteiger partial charge in [-0.25, -0.2) is 9.59 Å². The molecule has 0 spiro atoms. The van der Waals surface area contributed by atoms with Crippen molar-refractivity contribution in [2.45, 2.75) is 64.5 Å². The van der Waals surface area contributed by atoms with E-state index in [2.05, 4.69) is 23.4 Å². The number of carbonyl (C=O) groups is 4. The minimum atomic E-state index is -1.42. The number of esters is 4. The molecule has 12 nitrogen and oxygen atoms in total. The van der Waals surface area contributed by atoms with Gasteiger partial charge in [-0.1, -0.05) is 13.2 Å². The largest absolute Gasteiger partial charge is 0.462 e. The lowest BCUT2D eigenvalue weighted by Crippen LogP contribution is -2.26. The Morgan fingerprint density at radius 3 is 1.28 bits per heavy atom. The Labute approximate surface area is 210 Å². The molecule has 0 rings (SSSR count). The molecule has 12 heteroatoms. The molecule has 0 radical (unpaired) electrons. The summed E-state index contributed by atoms with van der Waals surface area (Å²) in [6.45, 7) is 12.2. The second-order valence-corrected chi connectivity index (χ2v) is 8.24. The van der Waals surface area contributed by atoms with Gasteiger partial charge in [0.15, 0.2) is 11.1 Å². The SMILES string of the molecule is C=C(C)C(=O)OCCOC(=O)CCC(C)(C#N)N=NC(C)(C#N)CCC(=O)OCCOC(=O)C(=C)C. The second-order valence-electron chi connectivity index (χ2n) is 8.24. The molecule has 0 N–H and O–H groups in total. The van der Waals surface area contributed by atoms with E-state index in [1.165, 1.54) is 27.7 Å². The first-order valence-corrected chi connectivity index (χ1v) is 11.0. The zero-order chi connectivity index (χ0) is 27.8. The molecule has 2 unspecified atom stereocenters. The third kappa shape index (κ3) is 13.6. The molecule has 0 aliphatic rings. The van der Waals surface area contributed by atoms with E-state index in [0.717, 1.165) is 0 Å². The summed E-state index contributed by atoms with van der Waals surface area (Å²) in [5, 5.41) is 26.9. The van der Waals surface area contributed by atoms with E-state index in [0.29, 0.717) is 0 Å². The smallest absolute Gasteiger partial charge is 0.333 e. The first-order chi connectivity index (χ1) is 16.8. The maximum atomic E-state index is 11.9. The fourth-order valence-electron chi connectivity index (χ4n) is 2.14. The Hall–Kier alpha value is -4.06. The van der Waals surface area contributed by atoms with Gasteiger partial charge < -0.3 is 18.9 Å². The molecule has 0 heterocycles. The standard InChI is InChI=1S/C24H32N4O8/c1-17(2)21(31)35-13-11-33-19(29)7-9-23(5,15-25)27-28-24(6,16-26)10-8-20(30)34-12-14-36-22(32)18(3)4/h1,3,7-14H2,2,4-6H3. The Balaban J connectivity index is 4.63. The first kappa shape index (κ1) is 31.9. The minimum Gasteiger partial charge on any atom is -0.462 e. The van der Waals surface area contributed by atoms with Gasteiger partial charge in [-0.15, -0.1) is 0 Å². The average Bonchev–Trinajstić information content (AvgIpc) is 2.84. The van der Waals surface area contributed by atoms with Gasteiger partial charge in [0.05, 0.1) is 12.1 Å². The van der Waals surface area contributed by atoms with E-state index in [1.54, 1.807) is 0 Å². The summed E-state index contributed by atoms with van der Waals surface area (Å²) in [6.07, 6.45) is -0.403. The number of ether oxygens (including phenoxy) is 4. The summed E-state index contributed by atoms with van der Waals surface area (Å²) in [5.74, 6) is -2.45. The highest BCUT2D eigenvalue weighted by Crippen LogP contribution is 2.23. The lowest BCUT2D eigenvalue weighted by atomic mass is 9.97. The molecular formula is C24H32N4O8. The van der Waals surface area contributed by atoms with Gasteiger partial charge in [0.25, 0.3) is 0 Å². The monoisotopic (exact) mass is 504 g/mol. The zero-order valence-corrected chi connectivity index (χ0v) is 21.1. The van der Waals surface area contributed by atoms with Crippen LogP contribution in [0.5, 0.6) is 0 Å². The van der Waals surface area contributed by atoms with Crippen LogP contribution < -0.4 is 0 Å². The van der Waals surface area contributed by atoms with Crippen LogP contribution in [0, 0.1) is 22.7 Å². The van der Waals surface area contributed by atoms with Crippen LogP contribution >= 0.6 is 0 Å². The van der Waals surface area contributed by atoms with Crippen molar-refractivity contribution in [2.75, 3.05) is 26.4 Å². The summed E-state index contributed by atoms with van der Waals surface area (Å²) in [5.41, 5.74) is -2.40. The number of nitrogens with zero attached hydrogens (tertiary/aromatic N) is 4.